The molecule has 1 heterocycles. The molecule has 0 fully saturated rings. The summed E-state index contributed by atoms with van der Waals surface area (Å²) in [5.74, 6) is 0. The molecule has 0 amide bonds. The van der Waals surface area contributed by atoms with E-state index in [1.54, 1.807) is 4.68 Å². The van der Waals surface area contributed by atoms with E-state index in [2.05, 4.69) is 16.5 Å². The van der Waals surface area contributed by atoms with Crippen LogP contribution in [0.4, 0.5) is 0 Å². The second-order valence-electron chi connectivity index (χ2n) is 3.78. The fourth-order valence-corrected chi connectivity index (χ4v) is 1.88. The molecule has 0 unspecified atom stereocenters. The summed E-state index contributed by atoms with van der Waals surface area (Å²) < 4.78 is 1.79. The molecule has 16 heavy (non-hydrogen) atoms. The van der Waals surface area contributed by atoms with E-state index in [4.69, 9.17) is 11.6 Å². The molecular weight excluding hydrogens is 222 g/mol. The van der Waals surface area contributed by atoms with Crippen molar-refractivity contribution in [3.8, 4) is 5.69 Å². The lowest BCUT2D eigenvalue weighted by atomic mass is 10.2. The summed E-state index contributed by atoms with van der Waals surface area (Å²) >= 11 is 6.22. The Balaban J connectivity index is 2.36. The van der Waals surface area contributed by atoms with Crippen molar-refractivity contribution < 1.29 is 0 Å². The maximum atomic E-state index is 6.22. The van der Waals surface area contributed by atoms with Crippen molar-refractivity contribution in [3.63, 3.8) is 0 Å². The average molecular weight is 236 g/mol. The van der Waals surface area contributed by atoms with E-state index < -0.39 is 0 Å². The van der Waals surface area contributed by atoms with Gasteiger partial charge in [0.05, 0.1) is 16.9 Å². The zero-order valence-corrected chi connectivity index (χ0v) is 10.1. The molecule has 0 aliphatic rings. The Morgan fingerprint density at radius 3 is 2.81 bits per heavy atom. The average Bonchev–Trinajstić information content (AvgIpc) is 2.65. The second-order valence-corrected chi connectivity index (χ2v) is 4.19. The number of aryl methyl sites for hydroxylation is 1. The number of rotatable bonds is 3. The fourth-order valence-electron chi connectivity index (χ4n) is 1.59. The molecule has 0 saturated heterocycles. The molecule has 0 bridgehead atoms. The van der Waals surface area contributed by atoms with Crippen molar-refractivity contribution in [1.82, 2.24) is 15.1 Å². The van der Waals surface area contributed by atoms with Crippen molar-refractivity contribution in [2.24, 2.45) is 0 Å². The predicted molar refractivity (Wildman–Crippen MR) is 66.1 cm³/mol. The summed E-state index contributed by atoms with van der Waals surface area (Å²) in [4.78, 5) is 0. The topological polar surface area (TPSA) is 29.9 Å². The standard InChI is InChI=1S/C12H14ClN3/c1-9-6-15-16(8-9)12-4-3-10(7-14-2)5-11(12)13/h3-6,8,14H,7H2,1-2H3. The molecule has 0 aliphatic carbocycles. The zero-order valence-electron chi connectivity index (χ0n) is 9.37. The largest absolute Gasteiger partial charge is 0.316 e. The molecule has 1 N–H and O–H groups in total. The Morgan fingerprint density at radius 2 is 2.25 bits per heavy atom. The van der Waals surface area contributed by atoms with Gasteiger partial charge in [0, 0.05) is 12.7 Å². The minimum atomic E-state index is 0.718. The summed E-state index contributed by atoms with van der Waals surface area (Å²) in [6.45, 7) is 2.82. The van der Waals surface area contributed by atoms with E-state index >= 15 is 0 Å². The van der Waals surface area contributed by atoms with Gasteiger partial charge >= 0.3 is 0 Å². The Hall–Kier alpha value is -1.32. The van der Waals surface area contributed by atoms with Crippen LogP contribution in [0.3, 0.4) is 0 Å². The summed E-state index contributed by atoms with van der Waals surface area (Å²) in [5, 5.41) is 8.05. The van der Waals surface area contributed by atoms with Gasteiger partial charge in [0.1, 0.15) is 0 Å². The lowest BCUT2D eigenvalue weighted by molar-refractivity contribution is 0.815. The molecule has 0 spiro atoms. The first kappa shape index (κ1) is 11.2. The fraction of sp³-hybridized carbons (Fsp3) is 0.250. The third-order valence-corrected chi connectivity index (χ3v) is 2.65. The number of aromatic nitrogens is 2. The lowest BCUT2D eigenvalue weighted by Crippen LogP contribution is -2.05. The molecule has 0 aliphatic heterocycles. The lowest BCUT2D eigenvalue weighted by Gasteiger charge is -2.06. The smallest absolute Gasteiger partial charge is 0.0832 e. The van der Waals surface area contributed by atoms with Gasteiger partial charge in [-0.25, -0.2) is 4.68 Å². The summed E-state index contributed by atoms with van der Waals surface area (Å²) in [5.41, 5.74) is 3.20. The third-order valence-electron chi connectivity index (χ3n) is 2.35. The first-order chi connectivity index (χ1) is 7.70. The maximum absolute atomic E-state index is 6.22. The van der Waals surface area contributed by atoms with Crippen LogP contribution in [0.5, 0.6) is 0 Å². The Labute approximate surface area is 100 Å². The van der Waals surface area contributed by atoms with Crippen LogP contribution in [0.15, 0.2) is 30.6 Å². The molecule has 2 aromatic rings. The van der Waals surface area contributed by atoms with Gasteiger partial charge in [0.25, 0.3) is 0 Å². The number of nitrogens with zero attached hydrogens (tertiary/aromatic N) is 2. The van der Waals surface area contributed by atoms with Crippen LogP contribution in [-0.2, 0) is 6.54 Å². The molecule has 2 rings (SSSR count). The quantitative estimate of drug-likeness (QED) is 0.886. The monoisotopic (exact) mass is 235 g/mol. The Morgan fingerprint density at radius 1 is 1.44 bits per heavy atom. The van der Waals surface area contributed by atoms with Gasteiger partial charge in [-0.05, 0) is 37.2 Å². The number of benzene rings is 1. The third kappa shape index (κ3) is 2.26. The highest BCUT2D eigenvalue weighted by Crippen LogP contribution is 2.21. The normalized spacial score (nSPS) is 10.7. The van der Waals surface area contributed by atoms with Gasteiger partial charge in [-0.3, -0.25) is 0 Å². The molecular formula is C12H14ClN3. The van der Waals surface area contributed by atoms with Crippen molar-refractivity contribution in [2.75, 3.05) is 7.05 Å². The van der Waals surface area contributed by atoms with Gasteiger partial charge in [0.2, 0.25) is 0 Å². The van der Waals surface area contributed by atoms with Crippen molar-refractivity contribution in [2.45, 2.75) is 13.5 Å². The van der Waals surface area contributed by atoms with Crippen LogP contribution in [0.2, 0.25) is 5.02 Å². The van der Waals surface area contributed by atoms with E-state index in [9.17, 15) is 0 Å². The molecule has 84 valence electrons. The molecule has 1 aromatic heterocycles. The van der Waals surface area contributed by atoms with Gasteiger partial charge in [-0.2, -0.15) is 5.10 Å². The first-order valence-corrected chi connectivity index (χ1v) is 5.53. The minimum Gasteiger partial charge on any atom is -0.316 e. The molecule has 4 heteroatoms. The van der Waals surface area contributed by atoms with Crippen molar-refractivity contribution >= 4 is 11.6 Å². The summed E-state index contributed by atoms with van der Waals surface area (Å²) in [6.07, 6.45) is 3.77. The maximum Gasteiger partial charge on any atom is 0.0832 e. The first-order valence-electron chi connectivity index (χ1n) is 5.15. The summed E-state index contributed by atoms with van der Waals surface area (Å²) in [6, 6.07) is 6.00. The highest BCUT2D eigenvalue weighted by molar-refractivity contribution is 6.32. The Kier molecular flexibility index (Phi) is 3.27. The van der Waals surface area contributed by atoms with Crippen molar-refractivity contribution in [1.29, 1.82) is 0 Å². The summed E-state index contributed by atoms with van der Waals surface area (Å²) in [7, 11) is 1.92. The van der Waals surface area contributed by atoms with Gasteiger partial charge in [-0.15, -0.1) is 0 Å². The Bertz CT molecular complexity index is 491. The molecule has 1 aromatic carbocycles. The molecule has 0 atom stereocenters. The second kappa shape index (κ2) is 4.68. The van der Waals surface area contributed by atoms with E-state index in [1.165, 1.54) is 5.56 Å². The van der Waals surface area contributed by atoms with E-state index in [0.717, 1.165) is 22.8 Å². The van der Waals surface area contributed by atoms with Gasteiger partial charge in [-0.1, -0.05) is 17.7 Å². The van der Waals surface area contributed by atoms with Crippen molar-refractivity contribution in [3.05, 3.63) is 46.7 Å². The molecule has 0 saturated carbocycles. The van der Waals surface area contributed by atoms with E-state index in [1.807, 2.05) is 38.5 Å². The van der Waals surface area contributed by atoms with E-state index in [0.29, 0.717) is 0 Å². The van der Waals surface area contributed by atoms with Crippen LogP contribution < -0.4 is 5.32 Å². The molecule has 3 nitrogen and oxygen atoms in total. The number of hydrogen-bond donors (Lipinski definition) is 1. The highest BCUT2D eigenvalue weighted by Gasteiger charge is 2.04. The van der Waals surface area contributed by atoms with Crippen LogP contribution in [0.25, 0.3) is 5.69 Å². The van der Waals surface area contributed by atoms with Crippen LogP contribution in [0, 0.1) is 6.92 Å². The van der Waals surface area contributed by atoms with Gasteiger partial charge in [0.15, 0.2) is 0 Å². The van der Waals surface area contributed by atoms with Crippen LogP contribution >= 0.6 is 11.6 Å². The van der Waals surface area contributed by atoms with Crippen LogP contribution in [0.1, 0.15) is 11.1 Å². The van der Waals surface area contributed by atoms with Crippen LogP contribution in [-0.4, -0.2) is 16.8 Å². The highest BCUT2D eigenvalue weighted by atomic mass is 35.5. The molecule has 0 radical (unpaired) electrons. The number of hydrogen-bond acceptors (Lipinski definition) is 2. The van der Waals surface area contributed by atoms with Gasteiger partial charge < -0.3 is 5.32 Å². The zero-order chi connectivity index (χ0) is 11.5. The SMILES string of the molecule is CNCc1ccc(-n2cc(C)cn2)c(Cl)c1. The number of nitrogens with one attached hydrogen (secondary N) is 1. The number of halogens is 1. The predicted octanol–water partition coefficient (Wildman–Crippen LogP) is 2.55. The minimum absolute atomic E-state index is 0.718. The van der Waals surface area contributed by atoms with E-state index in [-0.39, 0.29) is 0 Å².